The van der Waals surface area contributed by atoms with E-state index in [9.17, 15) is 19.7 Å². The predicted molar refractivity (Wildman–Crippen MR) is 89.9 cm³/mol. The summed E-state index contributed by atoms with van der Waals surface area (Å²) in [5, 5.41) is 13.9. The average Bonchev–Trinajstić information content (AvgIpc) is 2.58. The number of amides is 1. The van der Waals surface area contributed by atoms with Crippen molar-refractivity contribution in [3.63, 3.8) is 0 Å². The van der Waals surface area contributed by atoms with Crippen molar-refractivity contribution in [3.8, 4) is 0 Å². The predicted octanol–water partition coefficient (Wildman–Crippen LogP) is 2.55. The lowest BCUT2D eigenvalue weighted by Gasteiger charge is -2.11. The van der Waals surface area contributed by atoms with E-state index >= 15 is 0 Å². The van der Waals surface area contributed by atoms with Crippen LogP contribution in [0.25, 0.3) is 10.9 Å². The molecule has 3 aromatic rings. The minimum absolute atomic E-state index is 0.0104. The number of hydrogen-bond acceptors (Lipinski definition) is 4. The maximum Gasteiger partial charge on any atom is 0.271 e. The number of nitrogens with one attached hydrogen (secondary N) is 1. The highest BCUT2D eigenvalue weighted by molar-refractivity contribution is 5.92. The molecule has 0 saturated heterocycles. The first-order valence-electron chi connectivity index (χ1n) is 7.17. The van der Waals surface area contributed by atoms with Gasteiger partial charge in [-0.25, -0.2) is 0 Å². The Balaban J connectivity index is 1.83. The molecule has 1 N–H and O–H groups in total. The van der Waals surface area contributed by atoms with Crippen LogP contribution in [0.2, 0.25) is 0 Å². The summed E-state index contributed by atoms with van der Waals surface area (Å²) in [6, 6.07) is 14.1. The van der Waals surface area contributed by atoms with Crippen molar-refractivity contribution in [2.24, 2.45) is 0 Å². The maximum absolute atomic E-state index is 12.2. The zero-order chi connectivity index (χ0) is 17.1. The molecule has 24 heavy (non-hydrogen) atoms. The van der Waals surface area contributed by atoms with Gasteiger partial charge in [-0.05, 0) is 18.2 Å². The molecule has 1 amide bonds. The molecule has 1 aromatic heterocycles. The molecule has 0 fully saturated rings. The molecule has 0 radical (unpaired) electrons. The van der Waals surface area contributed by atoms with Gasteiger partial charge in [0.1, 0.15) is 6.54 Å². The van der Waals surface area contributed by atoms with Crippen LogP contribution in [-0.4, -0.2) is 15.4 Å². The average molecular weight is 323 g/mol. The first-order valence-corrected chi connectivity index (χ1v) is 7.17. The van der Waals surface area contributed by atoms with Gasteiger partial charge in [-0.15, -0.1) is 0 Å². The fourth-order valence-corrected chi connectivity index (χ4v) is 2.45. The number of carbonyl (C=O) groups excluding carboxylic acids is 1. The third-order valence-corrected chi connectivity index (χ3v) is 3.54. The smallest absolute Gasteiger partial charge is 0.271 e. The summed E-state index contributed by atoms with van der Waals surface area (Å²) in [5.74, 6) is -0.343. The molecule has 2 aromatic carbocycles. The van der Waals surface area contributed by atoms with Gasteiger partial charge in [-0.1, -0.05) is 18.2 Å². The number of carbonyl (C=O) groups is 1. The SMILES string of the molecule is O=C(Cn1ccc(=O)c2ccccc21)Nc1cccc([N+](=O)[O-])c1. The van der Waals surface area contributed by atoms with E-state index < -0.39 is 4.92 Å². The van der Waals surface area contributed by atoms with Gasteiger partial charge in [-0.3, -0.25) is 19.7 Å². The van der Waals surface area contributed by atoms with Crippen molar-refractivity contribution in [2.45, 2.75) is 6.54 Å². The molecule has 0 unspecified atom stereocenters. The second-order valence-corrected chi connectivity index (χ2v) is 5.18. The van der Waals surface area contributed by atoms with Gasteiger partial charge < -0.3 is 9.88 Å². The van der Waals surface area contributed by atoms with E-state index in [4.69, 9.17) is 0 Å². The number of nitro benzene ring substituents is 1. The van der Waals surface area contributed by atoms with Crippen molar-refractivity contribution in [3.05, 3.63) is 81.1 Å². The van der Waals surface area contributed by atoms with Crippen LogP contribution < -0.4 is 10.7 Å². The number of non-ortho nitro benzene ring substituents is 1. The van der Waals surface area contributed by atoms with E-state index in [0.717, 1.165) is 0 Å². The van der Waals surface area contributed by atoms with Crippen molar-refractivity contribution in [1.82, 2.24) is 4.57 Å². The third-order valence-electron chi connectivity index (χ3n) is 3.54. The highest BCUT2D eigenvalue weighted by Crippen LogP contribution is 2.17. The van der Waals surface area contributed by atoms with E-state index in [2.05, 4.69) is 5.32 Å². The van der Waals surface area contributed by atoms with E-state index in [1.807, 2.05) is 0 Å². The Labute approximate surface area is 136 Å². The largest absolute Gasteiger partial charge is 0.338 e. The molecule has 7 heteroatoms. The highest BCUT2D eigenvalue weighted by Gasteiger charge is 2.10. The van der Waals surface area contributed by atoms with Crippen LogP contribution in [0.4, 0.5) is 11.4 Å². The maximum atomic E-state index is 12.2. The number of para-hydroxylation sites is 1. The van der Waals surface area contributed by atoms with Gasteiger partial charge >= 0.3 is 0 Å². The first kappa shape index (κ1) is 15.4. The molecule has 0 saturated carbocycles. The molecule has 0 aliphatic heterocycles. The Hall–Kier alpha value is -3.48. The second kappa shape index (κ2) is 6.33. The number of aromatic nitrogens is 1. The summed E-state index contributed by atoms with van der Waals surface area (Å²) in [6.45, 7) is -0.0104. The summed E-state index contributed by atoms with van der Waals surface area (Å²) in [6.07, 6.45) is 1.55. The van der Waals surface area contributed by atoms with Gasteiger partial charge in [0, 0.05) is 35.5 Å². The van der Waals surface area contributed by atoms with Crippen LogP contribution in [0.1, 0.15) is 0 Å². The van der Waals surface area contributed by atoms with Gasteiger partial charge in [-0.2, -0.15) is 0 Å². The van der Waals surface area contributed by atoms with Crippen LogP contribution in [0.15, 0.2) is 65.6 Å². The molecule has 0 spiro atoms. The van der Waals surface area contributed by atoms with Crippen molar-refractivity contribution >= 4 is 28.2 Å². The van der Waals surface area contributed by atoms with E-state index in [-0.39, 0.29) is 23.6 Å². The molecular weight excluding hydrogens is 310 g/mol. The molecule has 1 heterocycles. The van der Waals surface area contributed by atoms with Crippen LogP contribution in [0.5, 0.6) is 0 Å². The summed E-state index contributed by atoms with van der Waals surface area (Å²) in [7, 11) is 0. The van der Waals surface area contributed by atoms with Gasteiger partial charge in [0.25, 0.3) is 5.69 Å². The topological polar surface area (TPSA) is 94.2 Å². The number of nitro groups is 1. The quantitative estimate of drug-likeness (QED) is 0.589. The molecule has 7 nitrogen and oxygen atoms in total. The van der Waals surface area contributed by atoms with E-state index in [1.165, 1.54) is 24.3 Å². The Morgan fingerprint density at radius 3 is 2.71 bits per heavy atom. The standard InChI is InChI=1S/C17H13N3O4/c21-16-8-9-19(15-7-2-1-6-14(15)16)11-17(22)18-12-4-3-5-13(10-12)20(23)24/h1-10H,11H2,(H,18,22). The Kier molecular flexibility index (Phi) is 4.07. The van der Waals surface area contributed by atoms with Crippen molar-refractivity contribution in [2.75, 3.05) is 5.32 Å². The first-order chi connectivity index (χ1) is 11.5. The van der Waals surface area contributed by atoms with Crippen LogP contribution in [-0.2, 0) is 11.3 Å². The van der Waals surface area contributed by atoms with Gasteiger partial charge in [0.15, 0.2) is 5.43 Å². The van der Waals surface area contributed by atoms with Crippen LogP contribution >= 0.6 is 0 Å². The molecule has 0 bridgehead atoms. The number of anilines is 1. The van der Waals surface area contributed by atoms with Crippen LogP contribution in [0.3, 0.4) is 0 Å². The second-order valence-electron chi connectivity index (χ2n) is 5.18. The number of fused-ring (bicyclic) bond motifs is 1. The minimum Gasteiger partial charge on any atom is -0.338 e. The summed E-state index contributed by atoms with van der Waals surface area (Å²) < 4.78 is 1.66. The molecule has 0 atom stereocenters. The fraction of sp³-hybridized carbons (Fsp3) is 0.0588. The molecule has 0 aliphatic carbocycles. The normalized spacial score (nSPS) is 10.5. The number of benzene rings is 2. The Morgan fingerprint density at radius 2 is 1.92 bits per heavy atom. The lowest BCUT2D eigenvalue weighted by atomic mass is 10.2. The zero-order valence-corrected chi connectivity index (χ0v) is 12.5. The van der Waals surface area contributed by atoms with E-state index in [0.29, 0.717) is 16.6 Å². The van der Waals surface area contributed by atoms with Crippen molar-refractivity contribution in [1.29, 1.82) is 0 Å². The number of nitrogens with zero attached hydrogens (tertiary/aromatic N) is 2. The van der Waals surface area contributed by atoms with Crippen LogP contribution in [0, 0.1) is 10.1 Å². The number of rotatable bonds is 4. The van der Waals surface area contributed by atoms with E-state index in [1.54, 1.807) is 41.1 Å². The molecule has 0 aliphatic rings. The Bertz CT molecular complexity index is 994. The molecule has 120 valence electrons. The lowest BCUT2D eigenvalue weighted by molar-refractivity contribution is -0.384. The lowest BCUT2D eigenvalue weighted by Crippen LogP contribution is -2.20. The Morgan fingerprint density at radius 1 is 1.12 bits per heavy atom. The monoisotopic (exact) mass is 323 g/mol. The fourth-order valence-electron chi connectivity index (χ4n) is 2.45. The third kappa shape index (κ3) is 3.14. The van der Waals surface area contributed by atoms with Gasteiger partial charge in [0.2, 0.25) is 5.91 Å². The highest BCUT2D eigenvalue weighted by atomic mass is 16.6. The summed E-state index contributed by atoms with van der Waals surface area (Å²) >= 11 is 0. The number of hydrogen-bond donors (Lipinski definition) is 1. The number of pyridine rings is 1. The van der Waals surface area contributed by atoms with Crippen molar-refractivity contribution < 1.29 is 9.72 Å². The molecule has 3 rings (SSSR count). The van der Waals surface area contributed by atoms with Gasteiger partial charge in [0.05, 0.1) is 10.4 Å². The molecular formula is C17H13N3O4. The zero-order valence-electron chi connectivity index (χ0n) is 12.5. The summed E-state index contributed by atoms with van der Waals surface area (Å²) in [5.41, 5.74) is 0.793. The summed E-state index contributed by atoms with van der Waals surface area (Å²) in [4.78, 5) is 34.3. The minimum atomic E-state index is -0.523.